The molecule has 0 bridgehead atoms. The first kappa shape index (κ1) is 11.2. The summed E-state index contributed by atoms with van der Waals surface area (Å²) in [6.45, 7) is 0. The molecule has 0 fully saturated rings. The van der Waals surface area contributed by atoms with Gasteiger partial charge in [0.05, 0.1) is 12.5 Å². The maximum atomic E-state index is 13.7. The average molecular weight is 235 g/mol. The molecular formula is C12H7F2NO2. The molecule has 0 amide bonds. The Labute approximate surface area is 95.3 Å². The predicted molar refractivity (Wildman–Crippen MR) is 58.4 cm³/mol. The topological polar surface area (TPSA) is 39.2 Å². The van der Waals surface area contributed by atoms with E-state index in [1.165, 1.54) is 19.4 Å². The Hall–Kier alpha value is -2.26. The molecule has 17 heavy (non-hydrogen) atoms. The van der Waals surface area contributed by atoms with E-state index in [2.05, 4.69) is 4.98 Å². The molecule has 0 aliphatic heterocycles. The monoisotopic (exact) mass is 235 g/mol. The molecule has 0 saturated heterocycles. The number of nitrogens with zero attached hydrogens (tertiary/aromatic N) is 1. The lowest BCUT2D eigenvalue weighted by Gasteiger charge is -2.07. The van der Waals surface area contributed by atoms with Crippen LogP contribution in [0.3, 0.4) is 0 Å². The third-order valence-electron chi connectivity index (χ3n) is 2.35. The SMILES string of the molecule is COc1ncc(C=C=O)c2ccc(F)c(F)c12. The van der Waals surface area contributed by atoms with Crippen molar-refractivity contribution < 1.29 is 18.3 Å². The number of carbonyl (C=O) groups excluding carboxylic acids is 1. The summed E-state index contributed by atoms with van der Waals surface area (Å²) in [4.78, 5) is 14.1. The van der Waals surface area contributed by atoms with Crippen molar-refractivity contribution in [1.82, 2.24) is 4.98 Å². The number of hydrogen-bond donors (Lipinski definition) is 0. The summed E-state index contributed by atoms with van der Waals surface area (Å²) in [5.41, 5.74) is 0.356. The van der Waals surface area contributed by atoms with E-state index in [-0.39, 0.29) is 11.3 Å². The van der Waals surface area contributed by atoms with Crippen molar-refractivity contribution in [1.29, 1.82) is 0 Å². The van der Waals surface area contributed by atoms with E-state index in [0.717, 1.165) is 12.1 Å². The molecule has 0 N–H and O–H groups in total. The summed E-state index contributed by atoms with van der Waals surface area (Å²) < 4.78 is 31.7. The summed E-state index contributed by atoms with van der Waals surface area (Å²) in [6, 6.07) is 2.35. The number of rotatable bonds is 2. The summed E-state index contributed by atoms with van der Waals surface area (Å²) in [5.74, 6) is -0.496. The minimum Gasteiger partial charge on any atom is -0.480 e. The normalized spacial score (nSPS) is 10.1. The summed E-state index contributed by atoms with van der Waals surface area (Å²) in [7, 11) is 1.31. The van der Waals surface area contributed by atoms with E-state index in [1.807, 2.05) is 0 Å². The highest BCUT2D eigenvalue weighted by Crippen LogP contribution is 2.30. The van der Waals surface area contributed by atoms with E-state index in [9.17, 15) is 13.6 Å². The average Bonchev–Trinajstić information content (AvgIpc) is 2.34. The predicted octanol–water partition coefficient (Wildman–Crippen LogP) is 2.37. The largest absolute Gasteiger partial charge is 0.480 e. The van der Waals surface area contributed by atoms with Crippen molar-refractivity contribution in [3.63, 3.8) is 0 Å². The van der Waals surface area contributed by atoms with Gasteiger partial charge in [0.25, 0.3) is 0 Å². The Morgan fingerprint density at radius 1 is 1.41 bits per heavy atom. The highest BCUT2D eigenvalue weighted by molar-refractivity contribution is 5.97. The second kappa shape index (κ2) is 4.31. The van der Waals surface area contributed by atoms with Crippen LogP contribution in [-0.4, -0.2) is 18.0 Å². The van der Waals surface area contributed by atoms with Crippen molar-refractivity contribution in [3.05, 3.63) is 35.5 Å². The minimum atomic E-state index is -1.05. The van der Waals surface area contributed by atoms with Crippen LogP contribution < -0.4 is 4.74 Å². The van der Waals surface area contributed by atoms with Crippen molar-refractivity contribution in [3.8, 4) is 5.88 Å². The fourth-order valence-electron chi connectivity index (χ4n) is 1.60. The molecule has 0 unspecified atom stereocenters. The molecule has 1 aromatic carbocycles. The Morgan fingerprint density at radius 3 is 2.82 bits per heavy atom. The molecule has 1 aromatic heterocycles. The highest BCUT2D eigenvalue weighted by atomic mass is 19.2. The van der Waals surface area contributed by atoms with Crippen LogP contribution in [0, 0.1) is 11.6 Å². The second-order valence-corrected chi connectivity index (χ2v) is 3.27. The molecule has 0 saturated carbocycles. The molecule has 0 aliphatic rings. The first-order valence-electron chi connectivity index (χ1n) is 4.70. The first-order valence-corrected chi connectivity index (χ1v) is 4.70. The zero-order valence-electron chi connectivity index (χ0n) is 8.83. The Bertz CT molecular complexity index is 634. The molecule has 3 nitrogen and oxygen atoms in total. The van der Waals surface area contributed by atoms with Gasteiger partial charge in [0.2, 0.25) is 5.88 Å². The van der Waals surface area contributed by atoms with Gasteiger partial charge >= 0.3 is 0 Å². The number of pyridine rings is 1. The van der Waals surface area contributed by atoms with Gasteiger partial charge in [-0.3, -0.25) is 0 Å². The molecule has 0 atom stereocenters. The van der Waals surface area contributed by atoms with Crippen LogP contribution in [0.5, 0.6) is 5.88 Å². The van der Waals surface area contributed by atoms with Gasteiger partial charge in [0, 0.05) is 17.8 Å². The van der Waals surface area contributed by atoms with Crippen LogP contribution in [0.4, 0.5) is 8.78 Å². The van der Waals surface area contributed by atoms with Gasteiger partial charge in [-0.05, 0) is 11.5 Å². The van der Waals surface area contributed by atoms with Gasteiger partial charge in [-0.1, -0.05) is 6.07 Å². The molecule has 5 heteroatoms. The standard InChI is InChI=1S/C12H7F2NO2/c1-17-12-10-8(2-3-9(13)11(10)14)7(4-5-16)6-15-12/h2-4,6H,1H3. The molecular weight excluding hydrogens is 228 g/mol. The summed E-state index contributed by atoms with van der Waals surface area (Å²) in [5, 5.41) is 0.260. The number of halogens is 2. The maximum Gasteiger partial charge on any atom is 0.224 e. The molecule has 0 spiro atoms. The van der Waals surface area contributed by atoms with Gasteiger partial charge in [-0.15, -0.1) is 0 Å². The highest BCUT2D eigenvalue weighted by Gasteiger charge is 2.15. The lowest BCUT2D eigenvalue weighted by atomic mass is 10.1. The van der Waals surface area contributed by atoms with Gasteiger partial charge < -0.3 is 4.74 Å². The van der Waals surface area contributed by atoms with Crippen molar-refractivity contribution in [2.75, 3.05) is 7.11 Å². The second-order valence-electron chi connectivity index (χ2n) is 3.27. The number of benzene rings is 1. The number of hydrogen-bond acceptors (Lipinski definition) is 3. The first-order chi connectivity index (χ1) is 8.19. The zero-order chi connectivity index (χ0) is 12.4. The summed E-state index contributed by atoms with van der Waals surface area (Å²) in [6.07, 6.45) is 2.44. The van der Waals surface area contributed by atoms with Gasteiger partial charge in [-0.2, -0.15) is 0 Å². The number of methoxy groups -OCH3 is 1. The fraction of sp³-hybridized carbons (Fsp3) is 0.0833. The van der Waals surface area contributed by atoms with Gasteiger partial charge in [0.1, 0.15) is 5.94 Å². The third kappa shape index (κ3) is 1.77. The van der Waals surface area contributed by atoms with E-state index >= 15 is 0 Å². The van der Waals surface area contributed by atoms with Crippen molar-refractivity contribution in [2.45, 2.75) is 0 Å². The summed E-state index contributed by atoms with van der Waals surface area (Å²) >= 11 is 0. The lowest BCUT2D eigenvalue weighted by molar-refractivity contribution is 0.400. The van der Waals surface area contributed by atoms with Crippen LogP contribution in [-0.2, 0) is 4.79 Å². The van der Waals surface area contributed by atoms with Crippen LogP contribution in [0.1, 0.15) is 5.56 Å². The number of ether oxygens (including phenoxy) is 1. The van der Waals surface area contributed by atoms with E-state index in [0.29, 0.717) is 10.9 Å². The molecule has 2 rings (SSSR count). The Morgan fingerprint density at radius 2 is 2.18 bits per heavy atom. The molecule has 1 heterocycles. The van der Waals surface area contributed by atoms with Crippen molar-refractivity contribution >= 4 is 22.8 Å². The van der Waals surface area contributed by atoms with Crippen LogP contribution >= 0.6 is 0 Å². The molecule has 0 aliphatic carbocycles. The lowest BCUT2D eigenvalue weighted by Crippen LogP contribution is -1.95. The Balaban J connectivity index is 2.94. The van der Waals surface area contributed by atoms with E-state index < -0.39 is 11.6 Å². The van der Waals surface area contributed by atoms with Gasteiger partial charge in [-0.25, -0.2) is 18.6 Å². The Kier molecular flexibility index (Phi) is 2.85. The molecule has 86 valence electrons. The van der Waals surface area contributed by atoms with Gasteiger partial charge in [0.15, 0.2) is 11.6 Å². The van der Waals surface area contributed by atoms with E-state index in [4.69, 9.17) is 4.74 Å². The van der Waals surface area contributed by atoms with Crippen LogP contribution in [0.25, 0.3) is 16.8 Å². The van der Waals surface area contributed by atoms with Crippen LogP contribution in [0.15, 0.2) is 18.3 Å². The smallest absolute Gasteiger partial charge is 0.224 e. The molecule has 0 radical (unpaired) electrons. The quantitative estimate of drug-likeness (QED) is 0.750. The van der Waals surface area contributed by atoms with E-state index in [1.54, 1.807) is 5.94 Å². The third-order valence-corrected chi connectivity index (χ3v) is 2.35. The van der Waals surface area contributed by atoms with Crippen molar-refractivity contribution in [2.24, 2.45) is 0 Å². The number of fused-ring (bicyclic) bond motifs is 1. The maximum absolute atomic E-state index is 13.7. The van der Waals surface area contributed by atoms with Crippen LogP contribution in [0.2, 0.25) is 0 Å². The number of aromatic nitrogens is 1. The zero-order valence-corrected chi connectivity index (χ0v) is 8.83. The fourth-order valence-corrected chi connectivity index (χ4v) is 1.60. The molecule has 2 aromatic rings. The minimum absolute atomic E-state index is 0.0277.